The molecule has 31 heavy (non-hydrogen) atoms. The summed E-state index contributed by atoms with van der Waals surface area (Å²) in [6, 6.07) is 16.5. The summed E-state index contributed by atoms with van der Waals surface area (Å²) in [5.41, 5.74) is 7.81. The molecule has 156 valence electrons. The molecule has 0 spiro atoms. The van der Waals surface area contributed by atoms with E-state index < -0.39 is 5.54 Å². The summed E-state index contributed by atoms with van der Waals surface area (Å²) in [6.07, 6.45) is 1.51. The molecule has 6 nitrogen and oxygen atoms in total. The van der Waals surface area contributed by atoms with Gasteiger partial charge in [0.2, 0.25) is 5.69 Å². The first-order valence-corrected chi connectivity index (χ1v) is 9.47. The van der Waals surface area contributed by atoms with E-state index in [1.807, 2.05) is 31.2 Å². The number of benzene rings is 2. The third-order valence-corrected chi connectivity index (χ3v) is 4.97. The minimum Gasteiger partial charge on any atom is -0.469 e. The first kappa shape index (κ1) is 21.7. The zero-order valence-corrected chi connectivity index (χ0v) is 17.2. The Hall–Kier alpha value is -4.05. The predicted octanol–water partition coefficient (Wildman–Crippen LogP) is 4.42. The van der Waals surface area contributed by atoms with E-state index in [1.165, 1.54) is 25.4 Å². The number of nitrogens with two attached hydrogens (primary N) is 1. The number of ketones is 1. The maximum Gasteiger partial charge on any atom is 0.282 e. The summed E-state index contributed by atoms with van der Waals surface area (Å²) in [7, 11) is 1.42. The molecule has 0 radical (unpaired) electrons. The Labute approximate surface area is 180 Å². The lowest BCUT2D eigenvalue weighted by Gasteiger charge is -2.27. The van der Waals surface area contributed by atoms with Gasteiger partial charge < -0.3 is 10.5 Å². The lowest BCUT2D eigenvalue weighted by molar-refractivity contribution is 0.0988. The highest BCUT2D eigenvalue weighted by molar-refractivity contribution is 5.96. The van der Waals surface area contributed by atoms with Gasteiger partial charge in [0.15, 0.2) is 5.78 Å². The summed E-state index contributed by atoms with van der Waals surface area (Å²) in [5, 5.41) is 0. The minimum atomic E-state index is -0.956. The van der Waals surface area contributed by atoms with Crippen LogP contribution in [0.15, 0.2) is 71.9 Å². The lowest BCUT2D eigenvalue weighted by atomic mass is 9.84. The summed E-state index contributed by atoms with van der Waals surface area (Å²) < 4.78 is 18.5. The number of amidine groups is 1. The van der Waals surface area contributed by atoms with Crippen LogP contribution in [-0.4, -0.2) is 23.9 Å². The van der Waals surface area contributed by atoms with Crippen molar-refractivity contribution in [2.45, 2.75) is 18.9 Å². The van der Waals surface area contributed by atoms with Crippen molar-refractivity contribution in [3.8, 4) is 0 Å². The monoisotopic (exact) mass is 416 g/mol. The number of hydrogen-bond acceptors (Lipinski definition) is 4. The van der Waals surface area contributed by atoms with Crippen LogP contribution in [0, 0.1) is 12.4 Å². The van der Waals surface area contributed by atoms with Gasteiger partial charge >= 0.3 is 0 Å². The standard InChI is InChI=1S/C24H21FN4O2/c1-24(29-23(26)31-3,17-7-9-19(25)10-8-17)18-6-4-5-16(13-18)14-22(30)21-12-11-20(27-2)15-28-21/h4-13,15H,14H2,1,3H3,(H2,26,29)/t24-/m0/s1. The fourth-order valence-electron chi connectivity index (χ4n) is 3.21. The molecule has 0 aliphatic heterocycles. The summed E-state index contributed by atoms with van der Waals surface area (Å²) in [6.45, 7) is 8.82. The van der Waals surface area contributed by atoms with Crippen LogP contribution in [0.25, 0.3) is 4.85 Å². The predicted molar refractivity (Wildman–Crippen MR) is 116 cm³/mol. The molecule has 1 atom stereocenters. The number of carbonyl (C=O) groups excluding carboxylic acids is 1. The summed E-state index contributed by atoms with van der Waals surface area (Å²) >= 11 is 0. The second-order valence-electron chi connectivity index (χ2n) is 7.05. The van der Waals surface area contributed by atoms with Crippen molar-refractivity contribution < 1.29 is 13.9 Å². The number of rotatable bonds is 6. The SMILES string of the molecule is [C-]#[N+]c1ccc(C(=O)Cc2cccc([C@@](C)(N=C(N)OC)c3ccc(F)cc3)c2)nc1. The topological polar surface area (TPSA) is 81.9 Å². The van der Waals surface area contributed by atoms with Crippen LogP contribution in [-0.2, 0) is 16.7 Å². The maximum atomic E-state index is 13.5. The van der Waals surface area contributed by atoms with Crippen LogP contribution >= 0.6 is 0 Å². The lowest BCUT2D eigenvalue weighted by Crippen LogP contribution is -2.27. The minimum absolute atomic E-state index is 0.0163. The molecule has 2 aromatic carbocycles. The first-order valence-electron chi connectivity index (χ1n) is 9.47. The quantitative estimate of drug-likeness (QED) is 0.279. The zero-order chi connectivity index (χ0) is 22.4. The molecule has 2 N–H and O–H groups in total. The van der Waals surface area contributed by atoms with Crippen molar-refractivity contribution >= 4 is 17.5 Å². The number of Topliss-reactive ketones (excluding diaryl/α,β-unsaturated/α-hetero) is 1. The molecule has 0 unspecified atom stereocenters. The Morgan fingerprint density at radius 3 is 2.55 bits per heavy atom. The van der Waals surface area contributed by atoms with E-state index in [0.29, 0.717) is 16.9 Å². The average Bonchev–Trinajstić information content (AvgIpc) is 2.79. The molecule has 3 rings (SSSR count). The number of halogens is 1. The fourth-order valence-corrected chi connectivity index (χ4v) is 3.21. The summed E-state index contributed by atoms with van der Waals surface area (Å²) in [5.74, 6) is -0.525. The molecule has 0 amide bonds. The smallest absolute Gasteiger partial charge is 0.282 e. The van der Waals surface area contributed by atoms with Gasteiger partial charge in [0.25, 0.3) is 6.02 Å². The molecule has 3 aromatic rings. The van der Waals surface area contributed by atoms with E-state index in [2.05, 4.69) is 14.8 Å². The number of aliphatic imine (C=N–C) groups is 1. The average molecular weight is 416 g/mol. The van der Waals surface area contributed by atoms with E-state index >= 15 is 0 Å². The zero-order valence-electron chi connectivity index (χ0n) is 17.2. The van der Waals surface area contributed by atoms with E-state index in [0.717, 1.165) is 11.1 Å². The second-order valence-corrected chi connectivity index (χ2v) is 7.05. The number of aromatic nitrogens is 1. The Kier molecular flexibility index (Phi) is 6.41. The van der Waals surface area contributed by atoms with Crippen molar-refractivity contribution in [3.63, 3.8) is 0 Å². The van der Waals surface area contributed by atoms with Crippen LogP contribution in [0.1, 0.15) is 34.1 Å². The van der Waals surface area contributed by atoms with Crippen molar-refractivity contribution in [1.29, 1.82) is 0 Å². The second kappa shape index (κ2) is 9.18. The Balaban J connectivity index is 1.96. The van der Waals surface area contributed by atoms with E-state index in [1.54, 1.807) is 24.3 Å². The highest BCUT2D eigenvalue weighted by Crippen LogP contribution is 2.34. The van der Waals surface area contributed by atoms with Crippen LogP contribution in [0.5, 0.6) is 0 Å². The number of ether oxygens (including phenoxy) is 1. The third-order valence-electron chi connectivity index (χ3n) is 4.97. The molecule has 7 heteroatoms. The fraction of sp³-hybridized carbons (Fsp3) is 0.167. The largest absolute Gasteiger partial charge is 0.469 e. The highest BCUT2D eigenvalue weighted by Gasteiger charge is 2.30. The van der Waals surface area contributed by atoms with Gasteiger partial charge in [-0.25, -0.2) is 14.2 Å². The Morgan fingerprint density at radius 2 is 1.94 bits per heavy atom. The maximum absolute atomic E-state index is 13.5. The molecule has 0 aliphatic rings. The number of nitrogens with zero attached hydrogens (tertiary/aromatic N) is 3. The van der Waals surface area contributed by atoms with Gasteiger partial charge in [-0.05, 0) is 41.8 Å². The van der Waals surface area contributed by atoms with Gasteiger partial charge in [0.1, 0.15) is 17.1 Å². The van der Waals surface area contributed by atoms with Gasteiger partial charge in [0, 0.05) is 12.6 Å². The van der Waals surface area contributed by atoms with Gasteiger partial charge in [-0.15, -0.1) is 0 Å². The van der Waals surface area contributed by atoms with Gasteiger partial charge in [0.05, 0.1) is 13.7 Å². The van der Waals surface area contributed by atoms with Crippen LogP contribution in [0.3, 0.4) is 0 Å². The molecule has 1 aromatic heterocycles. The normalized spacial score (nSPS) is 13.2. The van der Waals surface area contributed by atoms with E-state index in [9.17, 15) is 9.18 Å². The van der Waals surface area contributed by atoms with E-state index in [4.69, 9.17) is 17.0 Å². The highest BCUT2D eigenvalue weighted by atomic mass is 19.1. The Bertz CT molecular complexity index is 1150. The van der Waals surface area contributed by atoms with Crippen molar-refractivity contribution in [1.82, 2.24) is 4.98 Å². The van der Waals surface area contributed by atoms with Crippen LogP contribution in [0.4, 0.5) is 10.1 Å². The number of hydrogen-bond donors (Lipinski definition) is 1. The number of carbonyl (C=O) groups is 1. The van der Waals surface area contributed by atoms with E-state index in [-0.39, 0.29) is 24.0 Å². The van der Waals surface area contributed by atoms with Gasteiger partial charge in [-0.1, -0.05) is 42.5 Å². The van der Waals surface area contributed by atoms with Crippen LogP contribution in [0.2, 0.25) is 0 Å². The van der Waals surface area contributed by atoms with Crippen molar-refractivity contribution in [3.05, 3.63) is 106 Å². The molecular formula is C24H21FN4O2. The van der Waals surface area contributed by atoms with Crippen molar-refractivity contribution in [2.24, 2.45) is 10.7 Å². The molecule has 0 saturated carbocycles. The van der Waals surface area contributed by atoms with Gasteiger partial charge in [-0.2, -0.15) is 0 Å². The molecule has 0 fully saturated rings. The number of methoxy groups -OCH3 is 1. The van der Waals surface area contributed by atoms with Crippen molar-refractivity contribution in [2.75, 3.05) is 7.11 Å². The molecular weight excluding hydrogens is 395 g/mol. The van der Waals surface area contributed by atoms with Gasteiger partial charge in [-0.3, -0.25) is 9.78 Å². The molecule has 0 bridgehead atoms. The molecule has 1 heterocycles. The first-order chi connectivity index (χ1) is 14.9. The van der Waals surface area contributed by atoms with Crippen LogP contribution < -0.4 is 5.73 Å². The summed E-state index contributed by atoms with van der Waals surface area (Å²) in [4.78, 5) is 24.5. The number of pyridine rings is 1. The third kappa shape index (κ3) is 4.93. The molecule has 0 saturated heterocycles. The molecule has 0 aliphatic carbocycles. The Morgan fingerprint density at radius 1 is 1.19 bits per heavy atom.